The highest BCUT2D eigenvalue weighted by Gasteiger charge is 2.75. The number of fused-ring (bicyclic) bond motifs is 1. The van der Waals surface area contributed by atoms with E-state index >= 15 is 0 Å². The van der Waals surface area contributed by atoms with E-state index in [2.05, 4.69) is 47.8 Å². The lowest BCUT2D eigenvalue weighted by Crippen LogP contribution is -2.61. The summed E-state index contributed by atoms with van der Waals surface area (Å²) >= 11 is 0. The zero-order valence-corrected chi connectivity index (χ0v) is 25.8. The third-order valence-corrected chi connectivity index (χ3v) is 8.80. The monoisotopic (exact) mass is 559 g/mol. The van der Waals surface area contributed by atoms with Crippen molar-refractivity contribution in [2.24, 2.45) is 17.3 Å². The maximum atomic E-state index is 14.7. The van der Waals surface area contributed by atoms with Crippen LogP contribution in [0.5, 0.6) is 0 Å². The number of aliphatic hydroxyl groups is 1. The molecular weight excluding hydrogens is 506 g/mol. The van der Waals surface area contributed by atoms with Gasteiger partial charge in [-0.3, -0.25) is 14.4 Å². The number of unbranched alkanes of at least 4 members (excludes halogenated alkanes) is 2. The van der Waals surface area contributed by atoms with Crippen molar-refractivity contribution in [3.05, 3.63) is 25.3 Å². The molecule has 2 bridgehead atoms. The van der Waals surface area contributed by atoms with Crippen molar-refractivity contribution in [2.45, 2.75) is 110 Å². The molecule has 2 unspecified atom stereocenters. The molecule has 226 valence electrons. The van der Waals surface area contributed by atoms with Gasteiger partial charge in [-0.1, -0.05) is 39.8 Å². The Bertz CT molecular complexity index is 957. The minimum absolute atomic E-state index is 0.0206. The van der Waals surface area contributed by atoms with E-state index in [0.29, 0.717) is 51.9 Å². The molecule has 0 aromatic rings. The van der Waals surface area contributed by atoms with E-state index in [0.717, 1.165) is 19.3 Å². The van der Waals surface area contributed by atoms with E-state index in [9.17, 15) is 19.5 Å². The van der Waals surface area contributed by atoms with E-state index in [4.69, 9.17) is 4.74 Å². The van der Waals surface area contributed by atoms with Crippen molar-refractivity contribution < 1.29 is 24.2 Å². The summed E-state index contributed by atoms with van der Waals surface area (Å²) in [4.78, 5) is 48.3. The molecule has 0 radical (unpaired) electrons. The minimum atomic E-state index is -1.01. The van der Waals surface area contributed by atoms with Gasteiger partial charge < -0.3 is 24.5 Å². The predicted molar refractivity (Wildman–Crippen MR) is 157 cm³/mol. The van der Waals surface area contributed by atoms with Crippen LogP contribution in [0.4, 0.5) is 0 Å². The Morgan fingerprint density at radius 2 is 1.77 bits per heavy atom. The predicted octanol–water partition coefficient (Wildman–Crippen LogP) is 4.18. The number of carbonyl (C=O) groups excluding carboxylic acids is 3. The highest BCUT2D eigenvalue weighted by molar-refractivity contribution is 5.99. The fraction of sp³-hybridized carbons (Fsp3) is 0.781. The van der Waals surface area contributed by atoms with Gasteiger partial charge in [-0.25, -0.2) is 0 Å². The molecule has 3 fully saturated rings. The topological polar surface area (TPSA) is 90.4 Å². The van der Waals surface area contributed by atoms with Gasteiger partial charge in [-0.15, -0.1) is 13.2 Å². The Labute approximate surface area is 241 Å². The molecule has 40 heavy (non-hydrogen) atoms. The highest BCUT2D eigenvalue weighted by Crippen LogP contribution is 2.59. The normalized spacial score (nSPS) is 27.6. The molecule has 0 aromatic heterocycles. The number of hydrogen-bond acceptors (Lipinski definition) is 5. The lowest BCUT2D eigenvalue weighted by Gasteiger charge is -2.45. The third-order valence-electron chi connectivity index (χ3n) is 8.80. The summed E-state index contributed by atoms with van der Waals surface area (Å²) in [6, 6.07) is -0.792. The first-order valence-electron chi connectivity index (χ1n) is 15.2. The molecule has 1 spiro atoms. The van der Waals surface area contributed by atoms with Crippen LogP contribution in [0.3, 0.4) is 0 Å². The Balaban J connectivity index is 2.05. The lowest BCUT2D eigenvalue weighted by atomic mass is 9.70. The average Bonchev–Trinajstić information content (AvgIpc) is 3.50. The maximum Gasteiger partial charge on any atom is 0.249 e. The van der Waals surface area contributed by atoms with E-state index in [1.165, 1.54) is 0 Å². The van der Waals surface area contributed by atoms with Gasteiger partial charge in [0.1, 0.15) is 11.6 Å². The number of rotatable bonds is 15. The molecule has 0 aromatic carbocycles. The second-order valence-corrected chi connectivity index (χ2v) is 13.7. The van der Waals surface area contributed by atoms with E-state index in [-0.39, 0.29) is 35.8 Å². The molecule has 3 amide bonds. The highest BCUT2D eigenvalue weighted by atomic mass is 16.5. The average molecular weight is 560 g/mol. The van der Waals surface area contributed by atoms with Crippen LogP contribution >= 0.6 is 0 Å². The molecule has 1 N–H and O–H groups in total. The molecule has 3 aliphatic rings. The SMILES string of the molecule is C=CCN(CCC)C(=O)[C@@H]1[C@H]2C(=O)N(CCCCCO)C(C(=O)N(CC=C)C(C)(C)CC(C)(C)C)C23CC[C@H]1O3. The first kappa shape index (κ1) is 32.3. The van der Waals surface area contributed by atoms with Crippen molar-refractivity contribution >= 4 is 17.7 Å². The molecular formula is C32H53N3O5. The van der Waals surface area contributed by atoms with Crippen molar-refractivity contribution in [1.82, 2.24) is 14.7 Å². The number of likely N-dealkylation sites (tertiary alicyclic amines) is 1. The number of carbonyl (C=O) groups is 3. The zero-order chi connectivity index (χ0) is 29.9. The summed E-state index contributed by atoms with van der Waals surface area (Å²) in [5.74, 6) is -1.62. The molecule has 8 heteroatoms. The second-order valence-electron chi connectivity index (χ2n) is 13.7. The van der Waals surface area contributed by atoms with Gasteiger partial charge in [-0.2, -0.15) is 0 Å². The molecule has 3 aliphatic heterocycles. The molecule has 0 saturated carbocycles. The fourth-order valence-corrected chi connectivity index (χ4v) is 7.76. The van der Waals surface area contributed by atoms with Gasteiger partial charge in [0.25, 0.3) is 0 Å². The van der Waals surface area contributed by atoms with Crippen LogP contribution in [0.15, 0.2) is 25.3 Å². The molecule has 3 rings (SSSR count). The summed E-state index contributed by atoms with van der Waals surface area (Å²) in [6.45, 7) is 22.3. The van der Waals surface area contributed by atoms with Gasteiger partial charge in [0.15, 0.2) is 0 Å². The van der Waals surface area contributed by atoms with Gasteiger partial charge in [0, 0.05) is 38.3 Å². The minimum Gasteiger partial charge on any atom is -0.396 e. The smallest absolute Gasteiger partial charge is 0.249 e. The Morgan fingerprint density at radius 1 is 1.10 bits per heavy atom. The Kier molecular flexibility index (Phi) is 10.3. The third kappa shape index (κ3) is 6.18. The van der Waals surface area contributed by atoms with Gasteiger partial charge in [0.2, 0.25) is 17.7 Å². The molecule has 8 nitrogen and oxygen atoms in total. The number of ether oxygens (including phenoxy) is 1. The van der Waals surface area contributed by atoms with Crippen LogP contribution in [0.1, 0.15) is 86.5 Å². The molecule has 5 atom stereocenters. The van der Waals surface area contributed by atoms with Crippen molar-refractivity contribution in [3.8, 4) is 0 Å². The number of nitrogens with zero attached hydrogens (tertiary/aromatic N) is 3. The number of hydrogen-bond donors (Lipinski definition) is 1. The zero-order valence-electron chi connectivity index (χ0n) is 25.8. The molecule has 0 aliphatic carbocycles. The van der Waals surface area contributed by atoms with Crippen LogP contribution in [-0.2, 0) is 19.1 Å². The number of amides is 3. The largest absolute Gasteiger partial charge is 0.396 e. The first-order valence-corrected chi connectivity index (χ1v) is 15.2. The van der Waals surface area contributed by atoms with Crippen LogP contribution in [0.25, 0.3) is 0 Å². The summed E-state index contributed by atoms with van der Waals surface area (Å²) in [5, 5.41) is 9.30. The molecule has 3 saturated heterocycles. The maximum absolute atomic E-state index is 14.7. The Morgan fingerprint density at radius 3 is 2.35 bits per heavy atom. The van der Waals surface area contributed by atoms with E-state index in [1.807, 2.05) is 11.8 Å². The molecule has 3 heterocycles. The second kappa shape index (κ2) is 12.8. The van der Waals surface area contributed by atoms with Crippen molar-refractivity contribution in [1.29, 1.82) is 0 Å². The van der Waals surface area contributed by atoms with Gasteiger partial charge in [-0.05, 0) is 64.2 Å². The van der Waals surface area contributed by atoms with Gasteiger partial charge >= 0.3 is 0 Å². The van der Waals surface area contributed by atoms with Crippen molar-refractivity contribution in [2.75, 3.05) is 32.8 Å². The summed E-state index contributed by atoms with van der Waals surface area (Å²) in [6.07, 6.45) is 7.98. The van der Waals surface area contributed by atoms with Crippen LogP contribution in [0, 0.1) is 17.3 Å². The summed E-state index contributed by atoms with van der Waals surface area (Å²) in [7, 11) is 0. The first-order chi connectivity index (χ1) is 18.8. The van der Waals surface area contributed by atoms with Crippen LogP contribution < -0.4 is 0 Å². The lowest BCUT2D eigenvalue weighted by molar-refractivity contribution is -0.153. The van der Waals surface area contributed by atoms with E-state index in [1.54, 1.807) is 22.0 Å². The summed E-state index contributed by atoms with van der Waals surface area (Å²) in [5.41, 5.74) is -1.52. The standard InChI is InChI=1S/C32H53N3O5/c1-9-17-33(18-10-2)27(37)24-23-15-16-32(40-23)25(24)28(38)34(20-13-12-14-21-36)26(32)29(39)35(19-11-3)31(7,8)22-30(4,5)6/h9,11,23-26,36H,1,3,10,12-22H2,2,4-8H3/t23-,24+,25+,26?,32?/m1/s1. The van der Waals surface area contributed by atoms with Gasteiger partial charge in [0.05, 0.1) is 17.9 Å². The van der Waals surface area contributed by atoms with E-state index < -0.39 is 29.0 Å². The van der Waals surface area contributed by atoms with Crippen LogP contribution in [0.2, 0.25) is 0 Å². The quantitative estimate of drug-likeness (QED) is 0.240. The fourth-order valence-electron chi connectivity index (χ4n) is 7.76. The summed E-state index contributed by atoms with van der Waals surface area (Å²) < 4.78 is 6.68. The van der Waals surface area contributed by atoms with Crippen LogP contribution in [-0.4, -0.2) is 93.6 Å². The number of aliphatic hydroxyl groups excluding tert-OH is 1. The Hall–Kier alpha value is -2.19. The van der Waals surface area contributed by atoms with Crippen molar-refractivity contribution in [3.63, 3.8) is 0 Å².